The molecule has 0 aliphatic rings. The van der Waals surface area contributed by atoms with Crippen molar-refractivity contribution in [2.75, 3.05) is 18.0 Å². The molecule has 0 fully saturated rings. The highest BCUT2D eigenvalue weighted by molar-refractivity contribution is 7.92. The van der Waals surface area contributed by atoms with Crippen molar-refractivity contribution in [2.24, 2.45) is 0 Å². The van der Waals surface area contributed by atoms with Gasteiger partial charge in [-0.15, -0.1) is 0 Å². The summed E-state index contributed by atoms with van der Waals surface area (Å²) in [6.07, 6.45) is 0.719. The summed E-state index contributed by atoms with van der Waals surface area (Å²) in [5, 5.41) is 3.41. The van der Waals surface area contributed by atoms with Gasteiger partial charge in [0, 0.05) is 17.6 Å². The van der Waals surface area contributed by atoms with Crippen LogP contribution in [-0.4, -0.2) is 50.9 Å². The van der Waals surface area contributed by atoms with E-state index in [1.807, 2.05) is 27.7 Å². The van der Waals surface area contributed by atoms with Crippen LogP contribution in [0.4, 0.5) is 5.69 Å². The second-order valence-corrected chi connectivity index (χ2v) is 12.4. The standard InChI is InChI=1S/C31H38ClN3O5S/c1-7-23(4)33-31(37)24(5)34(19-25-9-8-10-26(32)18-25)30(36)20-35(28-17-22(3)13-16-29(28)40-6)41(38,39)27-14-11-21(2)12-15-27/h8-18,23-24H,7,19-20H2,1-6H3,(H,33,37)/t23-,24+/m1/s1. The third-order valence-corrected chi connectivity index (χ3v) is 8.91. The van der Waals surface area contributed by atoms with Crippen molar-refractivity contribution in [2.45, 2.75) is 64.6 Å². The first kappa shape index (κ1) is 32.0. The largest absolute Gasteiger partial charge is 0.495 e. The lowest BCUT2D eigenvalue weighted by Gasteiger charge is -2.33. The minimum Gasteiger partial charge on any atom is -0.495 e. The predicted octanol–water partition coefficient (Wildman–Crippen LogP) is 5.49. The molecule has 8 nitrogen and oxygen atoms in total. The van der Waals surface area contributed by atoms with Crippen molar-refractivity contribution in [3.8, 4) is 5.75 Å². The maximum absolute atomic E-state index is 14.1. The molecule has 1 N–H and O–H groups in total. The normalized spacial score (nSPS) is 12.8. The van der Waals surface area contributed by atoms with Gasteiger partial charge in [0.1, 0.15) is 18.3 Å². The van der Waals surface area contributed by atoms with Gasteiger partial charge in [0.25, 0.3) is 10.0 Å². The number of halogens is 1. The number of methoxy groups -OCH3 is 1. The Kier molecular flexibility index (Phi) is 10.8. The lowest BCUT2D eigenvalue weighted by molar-refractivity contribution is -0.139. The van der Waals surface area contributed by atoms with E-state index in [1.54, 1.807) is 61.5 Å². The molecule has 3 aromatic carbocycles. The number of nitrogens with one attached hydrogen (secondary N) is 1. The number of benzene rings is 3. The lowest BCUT2D eigenvalue weighted by atomic mass is 10.1. The van der Waals surface area contributed by atoms with Crippen LogP contribution in [0.1, 0.15) is 43.9 Å². The zero-order valence-electron chi connectivity index (χ0n) is 24.3. The zero-order chi connectivity index (χ0) is 30.3. The van der Waals surface area contributed by atoms with E-state index in [0.29, 0.717) is 16.3 Å². The maximum atomic E-state index is 14.1. The van der Waals surface area contributed by atoms with Crippen LogP contribution >= 0.6 is 11.6 Å². The number of nitrogens with zero attached hydrogens (tertiary/aromatic N) is 2. The number of hydrogen-bond donors (Lipinski definition) is 1. The summed E-state index contributed by atoms with van der Waals surface area (Å²) in [5.74, 6) is -0.602. The molecule has 2 amide bonds. The Morgan fingerprint density at radius 2 is 1.63 bits per heavy atom. The van der Waals surface area contributed by atoms with Gasteiger partial charge in [0.05, 0.1) is 17.7 Å². The summed E-state index contributed by atoms with van der Waals surface area (Å²) in [6, 6.07) is 17.6. The van der Waals surface area contributed by atoms with Crippen molar-refractivity contribution in [3.63, 3.8) is 0 Å². The number of aryl methyl sites for hydroxylation is 2. The van der Waals surface area contributed by atoms with Crippen molar-refractivity contribution >= 4 is 39.1 Å². The average Bonchev–Trinajstić information content (AvgIpc) is 2.94. The number of sulfonamides is 1. The first-order valence-corrected chi connectivity index (χ1v) is 15.3. The highest BCUT2D eigenvalue weighted by atomic mass is 35.5. The average molecular weight is 600 g/mol. The van der Waals surface area contributed by atoms with Crippen LogP contribution in [0.2, 0.25) is 5.02 Å². The molecule has 0 radical (unpaired) electrons. The minimum absolute atomic E-state index is 0.0309. The Morgan fingerprint density at radius 3 is 2.24 bits per heavy atom. The van der Waals surface area contributed by atoms with Gasteiger partial charge < -0.3 is 15.0 Å². The van der Waals surface area contributed by atoms with Crippen molar-refractivity contribution in [1.29, 1.82) is 0 Å². The summed E-state index contributed by atoms with van der Waals surface area (Å²) >= 11 is 6.20. The van der Waals surface area contributed by atoms with Crippen molar-refractivity contribution in [3.05, 3.63) is 88.4 Å². The molecule has 0 heterocycles. The predicted molar refractivity (Wildman–Crippen MR) is 163 cm³/mol. The molecule has 10 heteroatoms. The van der Waals surface area contributed by atoms with Gasteiger partial charge in [-0.1, -0.05) is 54.4 Å². The Bertz CT molecular complexity index is 1480. The van der Waals surface area contributed by atoms with E-state index in [9.17, 15) is 18.0 Å². The first-order chi connectivity index (χ1) is 19.4. The molecule has 220 valence electrons. The molecule has 0 saturated heterocycles. The number of ether oxygens (including phenoxy) is 1. The van der Waals surface area contributed by atoms with Gasteiger partial charge >= 0.3 is 0 Å². The minimum atomic E-state index is -4.21. The van der Waals surface area contributed by atoms with Crippen LogP contribution < -0.4 is 14.4 Å². The Morgan fingerprint density at radius 1 is 0.976 bits per heavy atom. The molecular weight excluding hydrogens is 562 g/mol. The molecular formula is C31H38ClN3O5S. The molecule has 0 spiro atoms. The molecule has 3 aromatic rings. The fourth-order valence-corrected chi connectivity index (χ4v) is 5.86. The van der Waals surface area contributed by atoms with E-state index in [4.69, 9.17) is 16.3 Å². The van der Waals surface area contributed by atoms with Gasteiger partial charge in [-0.05, 0) is 81.6 Å². The second-order valence-electron chi connectivity index (χ2n) is 10.1. The highest BCUT2D eigenvalue weighted by Gasteiger charge is 2.34. The van der Waals surface area contributed by atoms with E-state index in [-0.39, 0.29) is 29.1 Å². The van der Waals surface area contributed by atoms with Crippen molar-refractivity contribution in [1.82, 2.24) is 10.2 Å². The van der Waals surface area contributed by atoms with E-state index in [1.165, 1.54) is 24.1 Å². The smallest absolute Gasteiger partial charge is 0.264 e. The molecule has 41 heavy (non-hydrogen) atoms. The van der Waals surface area contributed by atoms with E-state index < -0.39 is 28.5 Å². The van der Waals surface area contributed by atoms with Crippen LogP contribution in [0.3, 0.4) is 0 Å². The first-order valence-electron chi connectivity index (χ1n) is 13.5. The summed E-state index contributed by atoms with van der Waals surface area (Å²) in [4.78, 5) is 28.7. The van der Waals surface area contributed by atoms with E-state index >= 15 is 0 Å². The van der Waals surface area contributed by atoms with E-state index in [2.05, 4.69) is 5.32 Å². The number of carbonyl (C=O) groups is 2. The SMILES string of the molecule is CC[C@@H](C)NC(=O)[C@H](C)N(Cc1cccc(Cl)c1)C(=O)CN(c1cc(C)ccc1OC)S(=O)(=O)c1ccc(C)cc1. The third kappa shape index (κ3) is 8.01. The van der Waals surface area contributed by atoms with Crippen LogP contribution in [-0.2, 0) is 26.2 Å². The third-order valence-electron chi connectivity index (χ3n) is 6.90. The number of hydrogen-bond acceptors (Lipinski definition) is 5. The Hall–Kier alpha value is -3.56. The van der Waals surface area contributed by atoms with Gasteiger partial charge in [0.2, 0.25) is 11.8 Å². The highest BCUT2D eigenvalue weighted by Crippen LogP contribution is 2.34. The number of rotatable bonds is 12. The van der Waals surface area contributed by atoms with Crippen LogP contribution in [0.5, 0.6) is 5.75 Å². The van der Waals surface area contributed by atoms with Gasteiger partial charge in [-0.3, -0.25) is 13.9 Å². The molecule has 0 bridgehead atoms. The Labute approximate surface area is 248 Å². The molecule has 2 atom stereocenters. The van der Waals surface area contributed by atoms with Gasteiger partial charge in [-0.25, -0.2) is 8.42 Å². The zero-order valence-corrected chi connectivity index (χ0v) is 25.9. The topological polar surface area (TPSA) is 96.0 Å². The van der Waals surface area contributed by atoms with Crippen LogP contribution in [0.15, 0.2) is 71.6 Å². The molecule has 0 aromatic heterocycles. The summed E-state index contributed by atoms with van der Waals surface area (Å²) in [6.45, 7) is 8.65. The molecule has 0 saturated carbocycles. The molecule has 0 unspecified atom stereocenters. The van der Waals surface area contributed by atoms with E-state index in [0.717, 1.165) is 21.9 Å². The summed E-state index contributed by atoms with van der Waals surface area (Å²) < 4.78 is 34.7. The van der Waals surface area contributed by atoms with Gasteiger partial charge in [0.15, 0.2) is 0 Å². The molecule has 3 rings (SSSR count). The maximum Gasteiger partial charge on any atom is 0.264 e. The Balaban J connectivity index is 2.10. The van der Waals surface area contributed by atoms with Gasteiger partial charge in [-0.2, -0.15) is 0 Å². The van der Waals surface area contributed by atoms with Crippen LogP contribution in [0, 0.1) is 13.8 Å². The number of amides is 2. The number of anilines is 1. The summed E-state index contributed by atoms with van der Waals surface area (Å²) in [5.41, 5.74) is 2.61. The molecule has 0 aliphatic heterocycles. The fraction of sp³-hybridized carbons (Fsp3) is 0.355. The fourth-order valence-electron chi connectivity index (χ4n) is 4.23. The monoisotopic (exact) mass is 599 g/mol. The second kappa shape index (κ2) is 13.9. The quantitative estimate of drug-likeness (QED) is 0.297. The number of carbonyl (C=O) groups excluding carboxylic acids is 2. The lowest BCUT2D eigenvalue weighted by Crippen LogP contribution is -2.52. The summed E-state index contributed by atoms with van der Waals surface area (Å²) in [7, 11) is -2.77. The van der Waals surface area contributed by atoms with Crippen molar-refractivity contribution < 1.29 is 22.7 Å². The molecule has 0 aliphatic carbocycles. The van der Waals surface area contributed by atoms with Crippen LogP contribution in [0.25, 0.3) is 0 Å².